The second-order valence-electron chi connectivity index (χ2n) is 6.05. The van der Waals surface area contributed by atoms with Crippen LogP contribution in [0.2, 0.25) is 0 Å². The highest BCUT2D eigenvalue weighted by molar-refractivity contribution is 5.95. The van der Waals surface area contributed by atoms with Crippen LogP contribution in [0.25, 0.3) is 0 Å². The van der Waals surface area contributed by atoms with Gasteiger partial charge in [-0.15, -0.1) is 24.8 Å². The zero-order valence-corrected chi connectivity index (χ0v) is 16.9. The molecular weight excluding hydrogens is 373 g/mol. The number of carbonyl (C=O) groups is 1. The number of anilines is 1. The molecule has 0 aliphatic carbocycles. The highest BCUT2D eigenvalue weighted by atomic mass is 35.5. The quantitative estimate of drug-likeness (QED) is 0.748. The second kappa shape index (κ2) is 11.8. The fourth-order valence-corrected chi connectivity index (χ4v) is 2.13. The lowest BCUT2D eigenvalue weighted by atomic mass is 10.1. The van der Waals surface area contributed by atoms with Gasteiger partial charge in [0.2, 0.25) is 5.91 Å². The minimum atomic E-state index is -0.693. The molecule has 1 atom stereocenters. The molecule has 26 heavy (non-hydrogen) atoms. The van der Waals surface area contributed by atoms with Crippen LogP contribution in [-0.4, -0.2) is 38.1 Å². The number of halogens is 2. The molecule has 0 bridgehead atoms. The number of nitrogens with zero attached hydrogens (tertiary/aromatic N) is 1. The van der Waals surface area contributed by atoms with Gasteiger partial charge in [-0.1, -0.05) is 29.8 Å². The molecular formula is C19H27Cl2N3O2. The van der Waals surface area contributed by atoms with Crippen LogP contribution in [0.15, 0.2) is 48.5 Å². The van der Waals surface area contributed by atoms with E-state index in [4.69, 9.17) is 10.5 Å². The van der Waals surface area contributed by atoms with Crippen molar-refractivity contribution in [1.82, 2.24) is 4.90 Å². The van der Waals surface area contributed by atoms with Crippen LogP contribution in [0.1, 0.15) is 17.2 Å². The van der Waals surface area contributed by atoms with E-state index in [0.717, 1.165) is 23.4 Å². The van der Waals surface area contributed by atoms with E-state index in [-0.39, 0.29) is 30.7 Å². The first-order chi connectivity index (χ1) is 11.5. The maximum Gasteiger partial charge on any atom is 0.245 e. The molecule has 144 valence electrons. The van der Waals surface area contributed by atoms with Gasteiger partial charge in [-0.25, -0.2) is 0 Å². The maximum absolute atomic E-state index is 12.3. The minimum Gasteiger partial charge on any atom is -0.492 e. The first-order valence-electron chi connectivity index (χ1n) is 7.96. The van der Waals surface area contributed by atoms with Gasteiger partial charge in [0.05, 0.1) is 0 Å². The summed E-state index contributed by atoms with van der Waals surface area (Å²) in [6.07, 6.45) is 0. The molecule has 2 aromatic carbocycles. The Morgan fingerprint density at radius 3 is 2.19 bits per heavy atom. The van der Waals surface area contributed by atoms with Crippen LogP contribution in [0.4, 0.5) is 5.69 Å². The number of rotatable bonds is 7. The van der Waals surface area contributed by atoms with Gasteiger partial charge in [-0.05, 0) is 50.8 Å². The summed E-state index contributed by atoms with van der Waals surface area (Å²) < 4.78 is 5.63. The van der Waals surface area contributed by atoms with Crippen molar-refractivity contribution in [2.24, 2.45) is 5.73 Å². The topological polar surface area (TPSA) is 67.6 Å². The van der Waals surface area contributed by atoms with Crippen LogP contribution in [0, 0.1) is 6.92 Å². The molecule has 0 aromatic heterocycles. The number of nitrogens with two attached hydrogens (primary N) is 1. The third kappa shape index (κ3) is 7.62. The van der Waals surface area contributed by atoms with Crippen LogP contribution in [0.3, 0.4) is 0 Å². The molecule has 0 saturated heterocycles. The van der Waals surface area contributed by atoms with Crippen LogP contribution in [0.5, 0.6) is 5.75 Å². The average Bonchev–Trinajstić information content (AvgIpc) is 2.56. The van der Waals surface area contributed by atoms with Crippen molar-refractivity contribution in [1.29, 1.82) is 0 Å². The molecule has 1 amide bonds. The number of likely N-dealkylation sites (N-methyl/N-ethyl adjacent to an activating group) is 1. The van der Waals surface area contributed by atoms with E-state index >= 15 is 0 Å². The number of aryl methyl sites for hydroxylation is 1. The highest BCUT2D eigenvalue weighted by Crippen LogP contribution is 2.18. The van der Waals surface area contributed by atoms with Gasteiger partial charge in [0.15, 0.2) is 0 Å². The molecule has 1 unspecified atom stereocenters. The number of hydrogen-bond acceptors (Lipinski definition) is 4. The Morgan fingerprint density at radius 1 is 1.08 bits per heavy atom. The fraction of sp³-hybridized carbons (Fsp3) is 0.316. The molecule has 5 nitrogen and oxygen atoms in total. The first kappa shape index (κ1) is 24.2. The van der Waals surface area contributed by atoms with Crippen LogP contribution >= 0.6 is 24.8 Å². The van der Waals surface area contributed by atoms with E-state index in [1.165, 1.54) is 0 Å². The number of ether oxygens (including phenoxy) is 1. The lowest BCUT2D eigenvalue weighted by molar-refractivity contribution is -0.117. The maximum atomic E-state index is 12.3. The smallest absolute Gasteiger partial charge is 0.245 e. The monoisotopic (exact) mass is 399 g/mol. The summed E-state index contributed by atoms with van der Waals surface area (Å²) in [5.41, 5.74) is 8.64. The van der Waals surface area contributed by atoms with Gasteiger partial charge < -0.3 is 20.7 Å². The predicted molar refractivity (Wildman–Crippen MR) is 112 cm³/mol. The summed E-state index contributed by atoms with van der Waals surface area (Å²) >= 11 is 0. The number of amides is 1. The molecule has 7 heteroatoms. The lowest BCUT2D eigenvalue weighted by Crippen LogP contribution is -2.27. The summed E-state index contributed by atoms with van der Waals surface area (Å²) in [5, 5.41) is 2.83. The largest absolute Gasteiger partial charge is 0.492 e. The molecule has 0 spiro atoms. The van der Waals surface area contributed by atoms with E-state index < -0.39 is 6.04 Å². The van der Waals surface area contributed by atoms with Crippen molar-refractivity contribution in [3.05, 3.63) is 59.7 Å². The van der Waals surface area contributed by atoms with E-state index in [2.05, 4.69) is 10.2 Å². The number of carbonyl (C=O) groups excluding carboxylic acids is 1. The molecule has 0 fully saturated rings. The SMILES string of the molecule is Cc1ccc(C(N)C(=O)Nc2ccc(OCCN(C)C)cc2)cc1.Cl.Cl. The van der Waals surface area contributed by atoms with Gasteiger partial charge in [0.1, 0.15) is 18.4 Å². The van der Waals surface area contributed by atoms with E-state index in [1.54, 1.807) is 0 Å². The number of benzene rings is 2. The molecule has 0 aliphatic rings. The van der Waals surface area contributed by atoms with Gasteiger partial charge in [0, 0.05) is 12.2 Å². The average molecular weight is 400 g/mol. The summed E-state index contributed by atoms with van der Waals surface area (Å²) in [6.45, 7) is 3.47. The van der Waals surface area contributed by atoms with Crippen molar-refractivity contribution in [2.75, 3.05) is 32.6 Å². The van der Waals surface area contributed by atoms with Gasteiger partial charge in [-0.2, -0.15) is 0 Å². The van der Waals surface area contributed by atoms with Crippen molar-refractivity contribution >= 4 is 36.4 Å². The molecule has 0 heterocycles. The summed E-state index contributed by atoms with van der Waals surface area (Å²) in [7, 11) is 4.00. The second-order valence-corrected chi connectivity index (χ2v) is 6.05. The summed E-state index contributed by atoms with van der Waals surface area (Å²) in [6, 6.07) is 14.2. The Kier molecular flexibility index (Phi) is 10.9. The molecule has 0 aliphatic heterocycles. The zero-order chi connectivity index (χ0) is 17.5. The summed E-state index contributed by atoms with van der Waals surface area (Å²) in [4.78, 5) is 14.3. The van der Waals surface area contributed by atoms with Crippen molar-refractivity contribution in [2.45, 2.75) is 13.0 Å². The highest BCUT2D eigenvalue weighted by Gasteiger charge is 2.15. The molecule has 2 rings (SSSR count). The van der Waals surface area contributed by atoms with Crippen molar-refractivity contribution in [3.8, 4) is 5.75 Å². The third-order valence-corrected chi connectivity index (χ3v) is 3.65. The van der Waals surface area contributed by atoms with Crippen LogP contribution < -0.4 is 15.8 Å². The van der Waals surface area contributed by atoms with Crippen molar-refractivity contribution < 1.29 is 9.53 Å². The van der Waals surface area contributed by atoms with Gasteiger partial charge in [-0.3, -0.25) is 4.79 Å². The molecule has 2 aromatic rings. The Labute approximate surface area is 167 Å². The van der Waals surface area contributed by atoms with E-state index in [1.807, 2.05) is 69.6 Å². The standard InChI is InChI=1S/C19H25N3O2.2ClH/c1-14-4-6-15(7-5-14)18(20)19(23)21-16-8-10-17(11-9-16)24-13-12-22(2)3;;/h4-11,18H,12-13,20H2,1-3H3,(H,21,23);2*1H. The van der Waals surface area contributed by atoms with Crippen LogP contribution in [-0.2, 0) is 4.79 Å². The number of hydrogen-bond donors (Lipinski definition) is 2. The van der Waals surface area contributed by atoms with Crippen molar-refractivity contribution in [3.63, 3.8) is 0 Å². The fourth-order valence-electron chi connectivity index (χ4n) is 2.13. The van der Waals surface area contributed by atoms with Gasteiger partial charge in [0.25, 0.3) is 0 Å². The Hall–Kier alpha value is -1.79. The minimum absolute atomic E-state index is 0. The third-order valence-electron chi connectivity index (χ3n) is 3.65. The Balaban J connectivity index is 0.00000312. The summed E-state index contributed by atoms with van der Waals surface area (Å²) in [5.74, 6) is 0.540. The Bertz CT molecular complexity index is 661. The predicted octanol–water partition coefficient (Wildman–Crippen LogP) is 3.42. The Morgan fingerprint density at radius 2 is 1.65 bits per heavy atom. The molecule has 0 saturated carbocycles. The number of nitrogens with one attached hydrogen (secondary N) is 1. The zero-order valence-electron chi connectivity index (χ0n) is 15.3. The molecule has 0 radical (unpaired) electrons. The van der Waals surface area contributed by atoms with Gasteiger partial charge >= 0.3 is 0 Å². The van der Waals surface area contributed by atoms with E-state index in [0.29, 0.717) is 12.3 Å². The molecule has 3 N–H and O–H groups in total. The normalized spacial score (nSPS) is 11.1. The van der Waals surface area contributed by atoms with E-state index in [9.17, 15) is 4.79 Å². The first-order valence-corrected chi connectivity index (χ1v) is 7.96. The lowest BCUT2D eigenvalue weighted by Gasteiger charge is -2.14.